The quantitative estimate of drug-likeness (QED) is 0.887. The summed E-state index contributed by atoms with van der Waals surface area (Å²) in [7, 11) is 5.49. The van der Waals surface area contributed by atoms with E-state index >= 15 is 0 Å². The fourth-order valence-corrected chi connectivity index (χ4v) is 2.42. The predicted octanol–water partition coefficient (Wildman–Crippen LogP) is 1.60. The van der Waals surface area contributed by atoms with Gasteiger partial charge in [0.2, 0.25) is 0 Å². The molecule has 0 spiro atoms. The van der Waals surface area contributed by atoms with Gasteiger partial charge in [0.25, 0.3) is 0 Å². The van der Waals surface area contributed by atoms with Crippen molar-refractivity contribution in [3.63, 3.8) is 0 Å². The van der Waals surface area contributed by atoms with E-state index in [1.807, 2.05) is 25.9 Å². The van der Waals surface area contributed by atoms with Crippen LogP contribution in [0.1, 0.15) is 28.7 Å². The van der Waals surface area contributed by atoms with Gasteiger partial charge in [-0.05, 0) is 20.2 Å². The zero-order chi connectivity index (χ0) is 15.0. The number of aromatic hydroxyl groups is 1. The van der Waals surface area contributed by atoms with E-state index in [1.165, 1.54) is 6.07 Å². The van der Waals surface area contributed by atoms with Gasteiger partial charge in [-0.25, -0.2) is 9.78 Å². The second-order valence-corrected chi connectivity index (χ2v) is 5.11. The lowest BCUT2D eigenvalue weighted by Crippen LogP contribution is -2.12. The molecule has 0 atom stereocenters. The lowest BCUT2D eigenvalue weighted by molar-refractivity contribution is 0.0698. The van der Waals surface area contributed by atoms with Crippen LogP contribution < -0.4 is 0 Å². The molecule has 2 rings (SSSR count). The summed E-state index contributed by atoms with van der Waals surface area (Å²) in [6.07, 6.45) is 0.673. The van der Waals surface area contributed by atoms with Gasteiger partial charge in [-0.1, -0.05) is 6.92 Å². The topological polar surface area (TPSA) is 78.6 Å². The van der Waals surface area contributed by atoms with E-state index < -0.39 is 5.97 Å². The maximum Gasteiger partial charge on any atom is 0.337 e. The number of imidazole rings is 1. The van der Waals surface area contributed by atoms with Crippen molar-refractivity contribution in [3.8, 4) is 5.75 Å². The molecule has 0 aliphatic heterocycles. The van der Waals surface area contributed by atoms with Gasteiger partial charge in [0.15, 0.2) is 0 Å². The second-order valence-electron chi connectivity index (χ2n) is 5.11. The molecule has 1 heterocycles. The van der Waals surface area contributed by atoms with Gasteiger partial charge in [0.1, 0.15) is 17.1 Å². The minimum atomic E-state index is -1.01. The molecule has 108 valence electrons. The number of carboxylic acid groups (broad SMARTS) is 1. The van der Waals surface area contributed by atoms with Crippen LogP contribution in [0.5, 0.6) is 5.75 Å². The van der Waals surface area contributed by atoms with Crippen molar-refractivity contribution in [1.82, 2.24) is 14.5 Å². The summed E-state index contributed by atoms with van der Waals surface area (Å²) in [6, 6.07) is 1.53. The van der Waals surface area contributed by atoms with Crippen molar-refractivity contribution in [2.45, 2.75) is 19.9 Å². The average molecular weight is 277 g/mol. The zero-order valence-electron chi connectivity index (χ0n) is 12.1. The molecular weight excluding hydrogens is 258 g/mol. The van der Waals surface area contributed by atoms with E-state index in [9.17, 15) is 15.0 Å². The standard InChI is InChI=1S/C14H19N3O3/c1-5-10-15-11-12(17(10)4)9(14(19)20)6-8(13(11)18)7-16(2)3/h6,18H,5,7H2,1-4H3,(H,19,20). The number of carboxylic acids is 1. The highest BCUT2D eigenvalue weighted by Crippen LogP contribution is 2.32. The summed E-state index contributed by atoms with van der Waals surface area (Å²) in [5.74, 6) is -0.200. The van der Waals surface area contributed by atoms with E-state index in [0.717, 1.165) is 5.82 Å². The minimum absolute atomic E-state index is 0.0639. The Kier molecular flexibility index (Phi) is 3.67. The van der Waals surface area contributed by atoms with Crippen LogP contribution in [0.15, 0.2) is 6.07 Å². The minimum Gasteiger partial charge on any atom is -0.505 e. The van der Waals surface area contributed by atoms with E-state index in [4.69, 9.17) is 0 Å². The number of aromatic nitrogens is 2. The van der Waals surface area contributed by atoms with E-state index in [1.54, 1.807) is 11.6 Å². The summed E-state index contributed by atoms with van der Waals surface area (Å²) >= 11 is 0. The van der Waals surface area contributed by atoms with E-state index in [0.29, 0.717) is 29.6 Å². The number of benzene rings is 1. The number of fused-ring (bicyclic) bond motifs is 1. The average Bonchev–Trinajstić information content (AvgIpc) is 2.70. The molecule has 0 aliphatic carbocycles. The van der Waals surface area contributed by atoms with Crippen LogP contribution in [-0.4, -0.2) is 44.7 Å². The lowest BCUT2D eigenvalue weighted by atomic mass is 10.1. The van der Waals surface area contributed by atoms with E-state index in [-0.39, 0.29) is 11.3 Å². The summed E-state index contributed by atoms with van der Waals surface area (Å²) in [4.78, 5) is 17.7. The zero-order valence-corrected chi connectivity index (χ0v) is 12.1. The van der Waals surface area contributed by atoms with Gasteiger partial charge in [-0.2, -0.15) is 0 Å². The van der Waals surface area contributed by atoms with Crippen LogP contribution in [0, 0.1) is 0 Å². The van der Waals surface area contributed by atoms with Gasteiger partial charge in [0.05, 0.1) is 11.1 Å². The number of aryl methyl sites for hydroxylation is 2. The van der Waals surface area contributed by atoms with Crippen molar-refractivity contribution >= 4 is 17.0 Å². The molecule has 0 saturated heterocycles. The SMILES string of the molecule is CCc1nc2c(O)c(CN(C)C)cc(C(=O)O)c2n1C. The smallest absolute Gasteiger partial charge is 0.337 e. The Hall–Kier alpha value is -2.08. The molecule has 0 radical (unpaired) electrons. The molecule has 0 unspecified atom stereocenters. The maximum atomic E-state index is 11.5. The highest BCUT2D eigenvalue weighted by Gasteiger charge is 2.21. The van der Waals surface area contributed by atoms with Crippen molar-refractivity contribution in [1.29, 1.82) is 0 Å². The molecule has 0 bridgehead atoms. The van der Waals surface area contributed by atoms with Crippen molar-refractivity contribution in [3.05, 3.63) is 23.0 Å². The maximum absolute atomic E-state index is 11.5. The molecule has 0 fully saturated rings. The molecule has 6 heteroatoms. The molecule has 20 heavy (non-hydrogen) atoms. The van der Waals surface area contributed by atoms with Crippen LogP contribution in [0.4, 0.5) is 0 Å². The Morgan fingerprint density at radius 2 is 2.10 bits per heavy atom. The molecule has 0 saturated carbocycles. The molecule has 1 aromatic heterocycles. The van der Waals surface area contributed by atoms with Crippen LogP contribution >= 0.6 is 0 Å². The highest BCUT2D eigenvalue weighted by atomic mass is 16.4. The summed E-state index contributed by atoms with van der Waals surface area (Å²) < 4.78 is 1.73. The van der Waals surface area contributed by atoms with Gasteiger partial charge in [-0.3, -0.25) is 0 Å². The number of rotatable bonds is 4. The highest BCUT2D eigenvalue weighted by molar-refractivity contribution is 6.03. The van der Waals surface area contributed by atoms with Crippen LogP contribution in [0.25, 0.3) is 11.0 Å². The molecule has 1 aromatic carbocycles. The summed E-state index contributed by atoms with van der Waals surface area (Å²) in [5.41, 5.74) is 1.57. The largest absolute Gasteiger partial charge is 0.505 e. The number of nitrogens with zero attached hydrogens (tertiary/aromatic N) is 3. The summed E-state index contributed by atoms with van der Waals surface area (Å²) in [5, 5.41) is 19.7. The third-order valence-electron chi connectivity index (χ3n) is 3.32. The lowest BCUT2D eigenvalue weighted by Gasteiger charge is -2.13. The predicted molar refractivity (Wildman–Crippen MR) is 76.1 cm³/mol. The normalized spacial score (nSPS) is 11.4. The number of aromatic carboxylic acids is 1. The third kappa shape index (κ3) is 2.22. The first-order chi connectivity index (χ1) is 9.36. The van der Waals surface area contributed by atoms with Crippen molar-refractivity contribution in [2.75, 3.05) is 14.1 Å². The number of hydrogen-bond donors (Lipinski definition) is 2. The second kappa shape index (κ2) is 5.13. The Morgan fingerprint density at radius 1 is 1.45 bits per heavy atom. The Bertz CT molecular complexity index is 674. The molecular formula is C14H19N3O3. The fourth-order valence-electron chi connectivity index (χ4n) is 2.42. The van der Waals surface area contributed by atoms with Crippen molar-refractivity contribution in [2.24, 2.45) is 7.05 Å². The van der Waals surface area contributed by atoms with Crippen LogP contribution in [0.2, 0.25) is 0 Å². The number of phenols is 1. The molecule has 2 aromatic rings. The number of carbonyl (C=O) groups is 1. The van der Waals surface area contributed by atoms with Crippen molar-refractivity contribution < 1.29 is 15.0 Å². The molecule has 0 amide bonds. The molecule has 2 N–H and O–H groups in total. The Labute approximate surface area is 117 Å². The monoisotopic (exact) mass is 277 g/mol. The first kappa shape index (κ1) is 14.3. The molecule has 0 aliphatic rings. The van der Waals surface area contributed by atoms with Gasteiger partial charge >= 0.3 is 5.97 Å². The summed E-state index contributed by atoms with van der Waals surface area (Å²) in [6.45, 7) is 2.40. The number of hydrogen-bond acceptors (Lipinski definition) is 4. The van der Waals surface area contributed by atoms with Gasteiger partial charge in [-0.15, -0.1) is 0 Å². The Balaban J connectivity index is 2.82. The van der Waals surface area contributed by atoms with Gasteiger partial charge < -0.3 is 19.7 Å². The van der Waals surface area contributed by atoms with E-state index in [2.05, 4.69) is 4.98 Å². The first-order valence-corrected chi connectivity index (χ1v) is 6.45. The molecule has 6 nitrogen and oxygen atoms in total. The Morgan fingerprint density at radius 3 is 2.60 bits per heavy atom. The number of phenolic OH excluding ortho intramolecular Hbond substituents is 1. The third-order valence-corrected chi connectivity index (χ3v) is 3.32. The first-order valence-electron chi connectivity index (χ1n) is 6.45. The van der Waals surface area contributed by atoms with Crippen LogP contribution in [-0.2, 0) is 20.0 Å². The van der Waals surface area contributed by atoms with Gasteiger partial charge in [0, 0.05) is 25.6 Å². The fraction of sp³-hybridized carbons (Fsp3) is 0.429. The van der Waals surface area contributed by atoms with Crippen LogP contribution in [0.3, 0.4) is 0 Å².